The van der Waals surface area contributed by atoms with Crippen LogP contribution in [-0.2, 0) is 0 Å². The van der Waals surface area contributed by atoms with Crippen LogP contribution in [0.2, 0.25) is 0 Å². The van der Waals surface area contributed by atoms with Crippen molar-refractivity contribution in [3.63, 3.8) is 0 Å². The van der Waals surface area contributed by atoms with Gasteiger partial charge in [-0.15, -0.1) is 0 Å². The molecule has 3 heterocycles. The minimum Gasteiger partial charge on any atom is -0.494 e. The monoisotopic (exact) mass is 350 g/mol. The van der Waals surface area contributed by atoms with Crippen LogP contribution in [0.4, 0.5) is 5.82 Å². The van der Waals surface area contributed by atoms with Gasteiger partial charge < -0.3 is 14.4 Å². The molecule has 0 spiro atoms. The van der Waals surface area contributed by atoms with Crippen LogP contribution in [0.3, 0.4) is 0 Å². The Hall–Kier alpha value is -1.89. The second-order valence-corrected chi connectivity index (χ2v) is 5.54. The molecule has 1 fully saturated rings. The van der Waals surface area contributed by atoms with E-state index >= 15 is 0 Å². The van der Waals surface area contributed by atoms with E-state index in [1.165, 1.54) is 0 Å². The van der Waals surface area contributed by atoms with Crippen LogP contribution < -0.4 is 14.4 Å². The number of rotatable bonds is 4. The number of nitrogens with zero attached hydrogens (tertiary/aromatic N) is 4. The number of halogens is 1. The van der Waals surface area contributed by atoms with Gasteiger partial charge in [0.2, 0.25) is 0 Å². The lowest BCUT2D eigenvalue weighted by atomic mass is 10.3. The van der Waals surface area contributed by atoms with E-state index in [0.717, 1.165) is 29.8 Å². The molecule has 110 valence electrons. The molecule has 0 aliphatic carbocycles. The highest BCUT2D eigenvalue weighted by Gasteiger charge is 2.26. The Morgan fingerprint density at radius 2 is 2.10 bits per heavy atom. The highest BCUT2D eigenvalue weighted by Crippen LogP contribution is 2.27. The number of pyridine rings is 1. The quantitative estimate of drug-likeness (QED) is 0.843. The highest BCUT2D eigenvalue weighted by molar-refractivity contribution is 9.10. The first-order valence-electron chi connectivity index (χ1n) is 6.64. The van der Waals surface area contributed by atoms with Crippen molar-refractivity contribution in [1.29, 1.82) is 0 Å². The van der Waals surface area contributed by atoms with Crippen LogP contribution in [0.5, 0.6) is 11.8 Å². The van der Waals surface area contributed by atoms with E-state index < -0.39 is 0 Å². The molecule has 21 heavy (non-hydrogen) atoms. The fourth-order valence-corrected chi connectivity index (χ4v) is 2.75. The highest BCUT2D eigenvalue weighted by atomic mass is 79.9. The van der Waals surface area contributed by atoms with Gasteiger partial charge in [-0.3, -0.25) is 0 Å². The second kappa shape index (κ2) is 6.26. The van der Waals surface area contributed by atoms with Crippen molar-refractivity contribution in [3.8, 4) is 11.8 Å². The maximum absolute atomic E-state index is 5.80. The van der Waals surface area contributed by atoms with E-state index in [0.29, 0.717) is 11.8 Å². The van der Waals surface area contributed by atoms with Gasteiger partial charge in [-0.05, 0) is 28.1 Å². The number of hydrogen-bond acceptors (Lipinski definition) is 6. The molecule has 0 radical (unpaired) electrons. The number of hydrogen-bond donors (Lipinski definition) is 0. The number of ether oxygens (including phenoxy) is 2. The molecule has 1 aliphatic heterocycles. The summed E-state index contributed by atoms with van der Waals surface area (Å²) >= 11 is 3.53. The summed E-state index contributed by atoms with van der Waals surface area (Å²) < 4.78 is 11.8. The number of aromatic nitrogens is 3. The van der Waals surface area contributed by atoms with E-state index in [9.17, 15) is 0 Å². The average Bonchev–Trinajstić information content (AvgIpc) is 2.97. The largest absolute Gasteiger partial charge is 0.494 e. The van der Waals surface area contributed by atoms with Gasteiger partial charge in [-0.1, -0.05) is 0 Å². The molecule has 0 amide bonds. The standard InChI is InChI=1S/C14H15BrN4O2/c1-20-11-7-17-14(18-8-11)21-10-4-6-19(9-10)13-12(15)3-2-5-16-13/h2-3,5,7-8,10H,4,6,9H2,1H3. The fraction of sp³-hybridized carbons (Fsp3) is 0.357. The summed E-state index contributed by atoms with van der Waals surface area (Å²) in [5.41, 5.74) is 0. The van der Waals surface area contributed by atoms with Crippen LogP contribution in [0.1, 0.15) is 6.42 Å². The predicted octanol–water partition coefficient (Wildman–Crippen LogP) is 2.30. The Morgan fingerprint density at radius 1 is 1.29 bits per heavy atom. The average molecular weight is 351 g/mol. The van der Waals surface area contributed by atoms with Gasteiger partial charge in [0.15, 0.2) is 5.75 Å². The summed E-state index contributed by atoms with van der Waals surface area (Å²) in [4.78, 5) is 14.8. The van der Waals surface area contributed by atoms with Gasteiger partial charge in [-0.2, -0.15) is 9.97 Å². The third-order valence-electron chi connectivity index (χ3n) is 3.30. The molecule has 1 saturated heterocycles. The molecule has 0 N–H and O–H groups in total. The van der Waals surface area contributed by atoms with E-state index in [4.69, 9.17) is 9.47 Å². The third-order valence-corrected chi connectivity index (χ3v) is 3.91. The van der Waals surface area contributed by atoms with Crippen LogP contribution in [0.15, 0.2) is 35.2 Å². The summed E-state index contributed by atoms with van der Waals surface area (Å²) in [6, 6.07) is 4.27. The molecule has 0 aromatic carbocycles. The lowest BCUT2D eigenvalue weighted by molar-refractivity contribution is 0.205. The van der Waals surface area contributed by atoms with E-state index in [2.05, 4.69) is 35.8 Å². The Balaban J connectivity index is 1.63. The minimum absolute atomic E-state index is 0.0623. The third kappa shape index (κ3) is 3.24. The number of methoxy groups -OCH3 is 1. The van der Waals surface area contributed by atoms with Gasteiger partial charge in [-0.25, -0.2) is 4.98 Å². The first kappa shape index (κ1) is 14.1. The molecular weight excluding hydrogens is 336 g/mol. The molecule has 0 bridgehead atoms. The Kier molecular flexibility index (Phi) is 4.19. The molecule has 2 aromatic heterocycles. The molecule has 1 unspecified atom stereocenters. The van der Waals surface area contributed by atoms with E-state index in [1.54, 1.807) is 25.7 Å². The van der Waals surface area contributed by atoms with Crippen molar-refractivity contribution in [3.05, 3.63) is 35.2 Å². The summed E-state index contributed by atoms with van der Waals surface area (Å²) in [5.74, 6) is 1.56. The lowest BCUT2D eigenvalue weighted by Gasteiger charge is -2.18. The first-order valence-corrected chi connectivity index (χ1v) is 7.43. The molecule has 1 aliphatic rings. The van der Waals surface area contributed by atoms with Crippen molar-refractivity contribution in [2.24, 2.45) is 0 Å². The zero-order valence-corrected chi connectivity index (χ0v) is 13.2. The maximum Gasteiger partial charge on any atom is 0.316 e. The topological polar surface area (TPSA) is 60.4 Å². The minimum atomic E-state index is 0.0623. The van der Waals surface area contributed by atoms with Gasteiger partial charge in [0.1, 0.15) is 11.9 Å². The van der Waals surface area contributed by atoms with Crippen LogP contribution in [-0.4, -0.2) is 41.3 Å². The summed E-state index contributed by atoms with van der Waals surface area (Å²) in [5, 5.41) is 0. The predicted molar refractivity (Wildman–Crippen MR) is 81.8 cm³/mol. The van der Waals surface area contributed by atoms with Gasteiger partial charge in [0, 0.05) is 19.2 Å². The molecule has 1 atom stereocenters. The molecular formula is C14H15BrN4O2. The lowest BCUT2D eigenvalue weighted by Crippen LogP contribution is -2.25. The van der Waals surface area contributed by atoms with E-state index in [1.807, 2.05) is 12.1 Å². The van der Waals surface area contributed by atoms with Gasteiger partial charge in [0.05, 0.1) is 30.5 Å². The molecule has 0 saturated carbocycles. The molecule has 2 aromatic rings. The molecule has 7 heteroatoms. The van der Waals surface area contributed by atoms with Crippen molar-refractivity contribution in [1.82, 2.24) is 15.0 Å². The molecule has 3 rings (SSSR count). The zero-order chi connectivity index (χ0) is 14.7. The summed E-state index contributed by atoms with van der Waals surface area (Å²) in [7, 11) is 1.58. The van der Waals surface area contributed by atoms with Crippen LogP contribution >= 0.6 is 15.9 Å². The Labute approximate surface area is 131 Å². The van der Waals surface area contributed by atoms with Crippen molar-refractivity contribution in [2.75, 3.05) is 25.1 Å². The van der Waals surface area contributed by atoms with Gasteiger partial charge >= 0.3 is 6.01 Å². The van der Waals surface area contributed by atoms with E-state index in [-0.39, 0.29) is 6.10 Å². The van der Waals surface area contributed by atoms with Gasteiger partial charge in [0.25, 0.3) is 0 Å². The fourth-order valence-electron chi connectivity index (χ4n) is 2.25. The zero-order valence-electron chi connectivity index (χ0n) is 11.6. The van der Waals surface area contributed by atoms with Crippen molar-refractivity contribution in [2.45, 2.75) is 12.5 Å². The second-order valence-electron chi connectivity index (χ2n) is 4.69. The Morgan fingerprint density at radius 3 is 2.81 bits per heavy atom. The first-order chi connectivity index (χ1) is 10.3. The maximum atomic E-state index is 5.80. The van der Waals surface area contributed by atoms with Crippen LogP contribution in [0.25, 0.3) is 0 Å². The van der Waals surface area contributed by atoms with Crippen LogP contribution in [0, 0.1) is 0 Å². The number of anilines is 1. The Bertz CT molecular complexity index is 608. The van der Waals surface area contributed by atoms with Crippen molar-refractivity contribution < 1.29 is 9.47 Å². The SMILES string of the molecule is COc1cnc(OC2CCN(c3ncccc3Br)C2)nc1. The normalized spacial score (nSPS) is 17.8. The summed E-state index contributed by atoms with van der Waals surface area (Å²) in [6.45, 7) is 1.67. The smallest absolute Gasteiger partial charge is 0.316 e. The summed E-state index contributed by atoms with van der Waals surface area (Å²) in [6.07, 6.45) is 5.97. The molecule has 6 nitrogen and oxygen atoms in total. The van der Waals surface area contributed by atoms with Crippen molar-refractivity contribution >= 4 is 21.7 Å².